The first-order valence-electron chi connectivity index (χ1n) is 8.20. The molecule has 3 atom stereocenters. The van der Waals surface area contributed by atoms with Crippen LogP contribution in [0.5, 0.6) is 0 Å². The molecule has 0 aromatic carbocycles. The van der Waals surface area contributed by atoms with Crippen LogP contribution in [0.15, 0.2) is 0 Å². The van der Waals surface area contributed by atoms with Crippen molar-refractivity contribution in [3.63, 3.8) is 0 Å². The summed E-state index contributed by atoms with van der Waals surface area (Å²) in [6, 6.07) is 0. The average molecular weight is 266 g/mol. The molecule has 2 aliphatic carbocycles. The first-order chi connectivity index (χ1) is 9.33. The van der Waals surface area contributed by atoms with Gasteiger partial charge >= 0.3 is 6.16 Å². The van der Waals surface area contributed by atoms with E-state index in [1.165, 1.54) is 57.8 Å². The van der Waals surface area contributed by atoms with E-state index < -0.39 is 6.16 Å². The lowest BCUT2D eigenvalue weighted by Gasteiger charge is -2.29. The van der Waals surface area contributed by atoms with Crippen molar-refractivity contribution in [2.45, 2.75) is 82.8 Å². The van der Waals surface area contributed by atoms with Crippen LogP contribution in [0, 0.1) is 11.8 Å². The second-order valence-electron chi connectivity index (χ2n) is 6.59. The van der Waals surface area contributed by atoms with Gasteiger partial charge in [-0.1, -0.05) is 44.9 Å². The molecule has 3 unspecified atom stereocenters. The van der Waals surface area contributed by atoms with E-state index in [0.717, 1.165) is 24.7 Å². The Morgan fingerprint density at radius 1 is 0.684 bits per heavy atom. The standard InChI is InChI=1S/C16H26O3/c17-16-18-14-10-6-9-13(11-15(14)19-16)12-7-4-2-1-3-5-8-12/h12-15H,1-11H2. The molecular formula is C16H26O3. The van der Waals surface area contributed by atoms with Crippen molar-refractivity contribution in [3.8, 4) is 0 Å². The second kappa shape index (κ2) is 6.15. The quantitative estimate of drug-likeness (QED) is 0.658. The number of rotatable bonds is 1. The number of ether oxygens (including phenoxy) is 2. The Morgan fingerprint density at radius 3 is 2.11 bits per heavy atom. The van der Waals surface area contributed by atoms with Gasteiger partial charge in [-0.3, -0.25) is 0 Å². The molecule has 3 fully saturated rings. The molecule has 0 amide bonds. The Hall–Kier alpha value is -0.730. The SMILES string of the molecule is O=C1OC2CCCC(C3CCCCCCC3)CC2O1. The summed E-state index contributed by atoms with van der Waals surface area (Å²) in [5.41, 5.74) is 0. The van der Waals surface area contributed by atoms with Crippen molar-refractivity contribution in [1.82, 2.24) is 0 Å². The smallest absolute Gasteiger partial charge is 0.427 e. The van der Waals surface area contributed by atoms with Crippen molar-refractivity contribution < 1.29 is 14.3 Å². The molecule has 3 heteroatoms. The van der Waals surface area contributed by atoms with Gasteiger partial charge in [-0.25, -0.2) is 4.79 Å². The van der Waals surface area contributed by atoms with E-state index in [2.05, 4.69) is 0 Å². The molecule has 0 aromatic rings. The molecule has 0 bridgehead atoms. The highest BCUT2D eigenvalue weighted by Crippen LogP contribution is 2.39. The van der Waals surface area contributed by atoms with Crippen molar-refractivity contribution >= 4 is 6.16 Å². The lowest BCUT2D eigenvalue weighted by Crippen LogP contribution is -2.25. The molecule has 1 aliphatic heterocycles. The van der Waals surface area contributed by atoms with Gasteiger partial charge in [0.1, 0.15) is 12.2 Å². The highest BCUT2D eigenvalue weighted by Gasteiger charge is 2.41. The fourth-order valence-corrected chi connectivity index (χ4v) is 4.26. The van der Waals surface area contributed by atoms with Crippen LogP contribution in [0.3, 0.4) is 0 Å². The van der Waals surface area contributed by atoms with Gasteiger partial charge in [-0.2, -0.15) is 0 Å². The number of carbonyl (C=O) groups is 1. The first-order valence-corrected chi connectivity index (χ1v) is 8.20. The molecule has 1 heterocycles. The molecule has 3 aliphatic rings. The number of hydrogen-bond donors (Lipinski definition) is 0. The fraction of sp³-hybridized carbons (Fsp3) is 0.938. The second-order valence-corrected chi connectivity index (χ2v) is 6.59. The summed E-state index contributed by atoms with van der Waals surface area (Å²) in [5.74, 6) is 1.61. The van der Waals surface area contributed by atoms with Gasteiger partial charge in [0.05, 0.1) is 0 Å². The molecule has 0 spiro atoms. The van der Waals surface area contributed by atoms with E-state index in [1.807, 2.05) is 0 Å². The third-order valence-electron chi connectivity index (χ3n) is 5.32. The predicted octanol–water partition coefficient (Wildman–Crippen LogP) is 4.44. The minimum atomic E-state index is -0.437. The molecule has 2 saturated carbocycles. The zero-order valence-electron chi connectivity index (χ0n) is 11.8. The molecule has 0 N–H and O–H groups in total. The summed E-state index contributed by atoms with van der Waals surface area (Å²) in [7, 11) is 0. The Morgan fingerprint density at radius 2 is 1.32 bits per heavy atom. The summed E-state index contributed by atoms with van der Waals surface area (Å²) in [4.78, 5) is 11.3. The van der Waals surface area contributed by atoms with Crippen LogP contribution in [0.2, 0.25) is 0 Å². The summed E-state index contributed by atoms with van der Waals surface area (Å²) in [6.07, 6.45) is 14.0. The van der Waals surface area contributed by atoms with Crippen LogP contribution in [-0.2, 0) is 9.47 Å². The van der Waals surface area contributed by atoms with Crippen LogP contribution in [0.1, 0.15) is 70.6 Å². The van der Waals surface area contributed by atoms with Crippen LogP contribution < -0.4 is 0 Å². The van der Waals surface area contributed by atoms with Gasteiger partial charge < -0.3 is 9.47 Å². The van der Waals surface area contributed by atoms with Crippen molar-refractivity contribution in [3.05, 3.63) is 0 Å². The van der Waals surface area contributed by atoms with E-state index in [9.17, 15) is 4.79 Å². The zero-order valence-corrected chi connectivity index (χ0v) is 11.8. The van der Waals surface area contributed by atoms with Crippen LogP contribution in [-0.4, -0.2) is 18.4 Å². The van der Waals surface area contributed by atoms with Gasteiger partial charge in [-0.15, -0.1) is 0 Å². The monoisotopic (exact) mass is 266 g/mol. The highest BCUT2D eigenvalue weighted by molar-refractivity contribution is 5.62. The zero-order chi connectivity index (χ0) is 13.1. The number of carbonyl (C=O) groups excluding carboxylic acids is 1. The van der Waals surface area contributed by atoms with Crippen LogP contribution in [0.4, 0.5) is 4.79 Å². The lowest BCUT2D eigenvalue weighted by atomic mass is 9.78. The molecule has 0 radical (unpaired) electrons. The molecule has 108 valence electrons. The van der Waals surface area contributed by atoms with Gasteiger partial charge in [0, 0.05) is 0 Å². The van der Waals surface area contributed by atoms with E-state index in [1.54, 1.807) is 0 Å². The Balaban J connectivity index is 1.61. The van der Waals surface area contributed by atoms with E-state index in [0.29, 0.717) is 0 Å². The average Bonchev–Trinajstić information content (AvgIpc) is 2.57. The molecule has 0 aromatic heterocycles. The maximum absolute atomic E-state index is 11.3. The molecule has 19 heavy (non-hydrogen) atoms. The topological polar surface area (TPSA) is 35.5 Å². The van der Waals surface area contributed by atoms with Gasteiger partial charge in [0.15, 0.2) is 0 Å². The summed E-state index contributed by atoms with van der Waals surface area (Å²) >= 11 is 0. The maximum atomic E-state index is 11.3. The minimum Gasteiger partial charge on any atom is -0.427 e. The number of fused-ring (bicyclic) bond motifs is 1. The Kier molecular flexibility index (Phi) is 4.29. The van der Waals surface area contributed by atoms with Gasteiger partial charge in [-0.05, 0) is 37.5 Å². The fourth-order valence-electron chi connectivity index (χ4n) is 4.26. The Bertz CT molecular complexity index is 307. The summed E-state index contributed by atoms with van der Waals surface area (Å²) < 4.78 is 10.6. The number of hydrogen-bond acceptors (Lipinski definition) is 3. The maximum Gasteiger partial charge on any atom is 0.509 e. The molecule has 1 saturated heterocycles. The first kappa shape index (κ1) is 13.3. The molecular weight excluding hydrogens is 240 g/mol. The lowest BCUT2D eigenvalue weighted by molar-refractivity contribution is 0.102. The van der Waals surface area contributed by atoms with Crippen molar-refractivity contribution in [1.29, 1.82) is 0 Å². The van der Waals surface area contributed by atoms with Gasteiger partial charge in [0.25, 0.3) is 0 Å². The largest absolute Gasteiger partial charge is 0.509 e. The summed E-state index contributed by atoms with van der Waals surface area (Å²) in [5, 5.41) is 0. The third-order valence-corrected chi connectivity index (χ3v) is 5.32. The van der Waals surface area contributed by atoms with Crippen LogP contribution in [0.25, 0.3) is 0 Å². The van der Waals surface area contributed by atoms with E-state index in [-0.39, 0.29) is 12.2 Å². The van der Waals surface area contributed by atoms with E-state index in [4.69, 9.17) is 9.47 Å². The third kappa shape index (κ3) is 3.24. The van der Waals surface area contributed by atoms with E-state index >= 15 is 0 Å². The normalized spacial score (nSPS) is 37.5. The van der Waals surface area contributed by atoms with Crippen molar-refractivity contribution in [2.24, 2.45) is 11.8 Å². The molecule has 3 rings (SSSR count). The van der Waals surface area contributed by atoms with Crippen molar-refractivity contribution in [2.75, 3.05) is 0 Å². The highest BCUT2D eigenvalue weighted by atomic mass is 16.8. The minimum absolute atomic E-state index is 0.0467. The summed E-state index contributed by atoms with van der Waals surface area (Å²) in [6.45, 7) is 0. The van der Waals surface area contributed by atoms with Gasteiger partial charge in [0.2, 0.25) is 0 Å². The Labute approximate surface area is 116 Å². The van der Waals surface area contributed by atoms with Crippen LogP contribution >= 0.6 is 0 Å². The predicted molar refractivity (Wildman–Crippen MR) is 72.9 cm³/mol. The molecule has 3 nitrogen and oxygen atoms in total.